The maximum Gasteiger partial charge on any atom is 0.234 e. The molecular formula is C22H25FN2O3. The van der Waals surface area contributed by atoms with Crippen LogP contribution in [0, 0.1) is 11.7 Å². The molecule has 0 aliphatic rings. The lowest BCUT2D eigenvalue weighted by molar-refractivity contribution is -0.123. The largest absolute Gasteiger partial charge is 0.468 e. The first kappa shape index (κ1) is 19.9. The summed E-state index contributed by atoms with van der Waals surface area (Å²) in [6.45, 7) is 5.22. The zero-order valence-corrected chi connectivity index (χ0v) is 16.1. The fourth-order valence-corrected chi connectivity index (χ4v) is 3.14. The van der Waals surface area contributed by atoms with Crippen LogP contribution in [-0.4, -0.2) is 17.4 Å². The molecule has 0 saturated heterocycles. The molecule has 1 N–H and O–H groups in total. The van der Waals surface area contributed by atoms with Crippen LogP contribution in [-0.2, 0) is 17.9 Å². The van der Waals surface area contributed by atoms with E-state index in [1.165, 1.54) is 12.1 Å². The number of hydrogen-bond acceptors (Lipinski definition) is 4. The first-order chi connectivity index (χ1) is 13.5. The Kier molecular flexibility index (Phi) is 6.66. The highest BCUT2D eigenvalue weighted by Gasteiger charge is 2.21. The zero-order chi connectivity index (χ0) is 19.9. The van der Waals surface area contributed by atoms with E-state index in [1.807, 2.05) is 43.0 Å². The summed E-state index contributed by atoms with van der Waals surface area (Å²) in [5.74, 6) is 1.32. The predicted molar refractivity (Wildman–Crippen MR) is 104 cm³/mol. The summed E-state index contributed by atoms with van der Waals surface area (Å²) in [5, 5.41) is 3.08. The van der Waals surface area contributed by atoms with Crippen LogP contribution in [0.4, 0.5) is 4.39 Å². The number of nitrogens with zero attached hydrogens (tertiary/aromatic N) is 1. The Labute approximate surface area is 164 Å². The summed E-state index contributed by atoms with van der Waals surface area (Å²) in [6, 6.07) is 13.5. The van der Waals surface area contributed by atoms with Crippen LogP contribution in [0.5, 0.6) is 0 Å². The van der Waals surface area contributed by atoms with Crippen molar-refractivity contribution < 1.29 is 18.0 Å². The van der Waals surface area contributed by atoms with Gasteiger partial charge in [-0.3, -0.25) is 9.69 Å². The van der Waals surface area contributed by atoms with Crippen molar-refractivity contribution in [2.75, 3.05) is 6.54 Å². The van der Waals surface area contributed by atoms with E-state index in [0.29, 0.717) is 13.1 Å². The number of hydrogen-bond donors (Lipinski definition) is 1. The molecule has 3 rings (SSSR count). The predicted octanol–water partition coefficient (Wildman–Crippen LogP) is 4.53. The Morgan fingerprint density at radius 1 is 1.00 bits per heavy atom. The topological polar surface area (TPSA) is 58.6 Å². The quantitative estimate of drug-likeness (QED) is 0.589. The lowest BCUT2D eigenvalue weighted by atomic mass is 9.96. The molecule has 0 radical (unpaired) electrons. The van der Waals surface area contributed by atoms with Gasteiger partial charge in [0.25, 0.3) is 0 Å². The maximum absolute atomic E-state index is 13.2. The van der Waals surface area contributed by atoms with Crippen molar-refractivity contribution in [1.29, 1.82) is 0 Å². The van der Waals surface area contributed by atoms with Crippen molar-refractivity contribution >= 4 is 5.91 Å². The van der Waals surface area contributed by atoms with Crippen molar-refractivity contribution in [2.45, 2.75) is 33.0 Å². The van der Waals surface area contributed by atoms with E-state index >= 15 is 0 Å². The molecule has 1 aromatic carbocycles. The van der Waals surface area contributed by atoms with Gasteiger partial charge in [0, 0.05) is 0 Å². The molecule has 148 valence electrons. The van der Waals surface area contributed by atoms with Gasteiger partial charge in [0.2, 0.25) is 5.91 Å². The third-order valence-corrected chi connectivity index (χ3v) is 4.50. The molecule has 2 aromatic heterocycles. The normalized spacial score (nSPS) is 12.5. The molecule has 1 unspecified atom stereocenters. The standard InChI is InChI=1S/C22H25FN2O3/c1-16(2)22(17-7-9-18(23)10-8-17)24-21(26)15-25(13-19-5-3-11-27-19)14-20-6-4-12-28-20/h3-12,16,22H,13-15H2,1-2H3,(H,24,26). The molecule has 0 bridgehead atoms. The van der Waals surface area contributed by atoms with Gasteiger partial charge in [-0.05, 0) is 47.9 Å². The van der Waals surface area contributed by atoms with Crippen molar-refractivity contribution in [1.82, 2.24) is 10.2 Å². The fourth-order valence-electron chi connectivity index (χ4n) is 3.14. The molecule has 5 nitrogen and oxygen atoms in total. The van der Waals surface area contributed by atoms with Crippen LogP contribution < -0.4 is 5.32 Å². The highest BCUT2D eigenvalue weighted by Crippen LogP contribution is 2.22. The van der Waals surface area contributed by atoms with Gasteiger partial charge in [-0.2, -0.15) is 0 Å². The van der Waals surface area contributed by atoms with Crippen molar-refractivity contribution in [2.24, 2.45) is 5.92 Å². The minimum atomic E-state index is -0.291. The van der Waals surface area contributed by atoms with Gasteiger partial charge in [0.15, 0.2) is 0 Å². The molecule has 0 aliphatic carbocycles. The molecule has 0 fully saturated rings. The minimum absolute atomic E-state index is 0.110. The molecule has 0 aliphatic heterocycles. The van der Waals surface area contributed by atoms with Crippen molar-refractivity contribution in [3.63, 3.8) is 0 Å². The first-order valence-corrected chi connectivity index (χ1v) is 9.33. The lowest BCUT2D eigenvalue weighted by Crippen LogP contribution is -2.39. The second kappa shape index (κ2) is 9.37. The number of benzene rings is 1. The van der Waals surface area contributed by atoms with E-state index in [0.717, 1.165) is 17.1 Å². The van der Waals surface area contributed by atoms with E-state index in [4.69, 9.17) is 8.83 Å². The van der Waals surface area contributed by atoms with Gasteiger partial charge >= 0.3 is 0 Å². The highest BCUT2D eigenvalue weighted by molar-refractivity contribution is 5.78. The average Bonchev–Trinajstić information content (AvgIpc) is 3.34. The molecule has 1 atom stereocenters. The van der Waals surface area contributed by atoms with Crippen molar-refractivity contribution in [3.8, 4) is 0 Å². The molecule has 0 spiro atoms. The number of carbonyl (C=O) groups is 1. The summed E-state index contributed by atoms with van der Waals surface area (Å²) in [7, 11) is 0. The van der Waals surface area contributed by atoms with Crippen LogP contribution >= 0.6 is 0 Å². The Bertz CT molecular complexity index is 806. The van der Waals surface area contributed by atoms with E-state index in [1.54, 1.807) is 24.7 Å². The van der Waals surface area contributed by atoms with Gasteiger partial charge in [-0.1, -0.05) is 26.0 Å². The van der Waals surface area contributed by atoms with Crippen LogP contribution in [0.15, 0.2) is 69.9 Å². The Balaban J connectivity index is 1.67. The maximum atomic E-state index is 13.2. The Morgan fingerprint density at radius 3 is 2.04 bits per heavy atom. The second-order valence-electron chi connectivity index (χ2n) is 7.14. The highest BCUT2D eigenvalue weighted by atomic mass is 19.1. The monoisotopic (exact) mass is 384 g/mol. The summed E-state index contributed by atoms with van der Waals surface area (Å²) in [5.41, 5.74) is 0.883. The number of carbonyl (C=O) groups excluding carboxylic acids is 1. The first-order valence-electron chi connectivity index (χ1n) is 9.33. The summed E-state index contributed by atoms with van der Waals surface area (Å²) >= 11 is 0. The smallest absolute Gasteiger partial charge is 0.234 e. The van der Waals surface area contributed by atoms with Gasteiger partial charge in [-0.15, -0.1) is 0 Å². The van der Waals surface area contributed by atoms with Gasteiger partial charge < -0.3 is 14.2 Å². The Hall–Kier alpha value is -2.86. The second-order valence-corrected chi connectivity index (χ2v) is 7.14. The summed E-state index contributed by atoms with van der Waals surface area (Å²) < 4.78 is 24.1. The third kappa shape index (κ3) is 5.57. The lowest BCUT2D eigenvalue weighted by Gasteiger charge is -2.25. The molecule has 2 heterocycles. The van der Waals surface area contributed by atoms with E-state index in [-0.39, 0.29) is 30.2 Å². The van der Waals surface area contributed by atoms with Crippen LogP contribution in [0.3, 0.4) is 0 Å². The number of rotatable bonds is 9. The zero-order valence-electron chi connectivity index (χ0n) is 16.1. The minimum Gasteiger partial charge on any atom is -0.468 e. The SMILES string of the molecule is CC(C)C(NC(=O)CN(Cc1ccco1)Cc1ccco1)c1ccc(F)cc1. The number of amides is 1. The van der Waals surface area contributed by atoms with Crippen LogP contribution in [0.2, 0.25) is 0 Å². The van der Waals surface area contributed by atoms with Crippen molar-refractivity contribution in [3.05, 3.63) is 84.0 Å². The van der Waals surface area contributed by atoms with E-state index in [9.17, 15) is 9.18 Å². The van der Waals surface area contributed by atoms with Gasteiger partial charge in [0.05, 0.1) is 38.2 Å². The molecule has 0 saturated carbocycles. The molecule has 28 heavy (non-hydrogen) atoms. The van der Waals surface area contributed by atoms with Gasteiger partial charge in [0.1, 0.15) is 17.3 Å². The molecule has 6 heteroatoms. The van der Waals surface area contributed by atoms with Gasteiger partial charge in [-0.25, -0.2) is 4.39 Å². The fraction of sp³-hybridized carbons (Fsp3) is 0.318. The Morgan fingerprint density at radius 2 is 1.57 bits per heavy atom. The summed E-state index contributed by atoms with van der Waals surface area (Å²) in [4.78, 5) is 14.7. The number of halogens is 1. The van der Waals surface area contributed by atoms with Crippen LogP contribution in [0.1, 0.15) is 37.0 Å². The van der Waals surface area contributed by atoms with E-state index < -0.39 is 0 Å². The molecular weight excluding hydrogens is 359 g/mol. The average molecular weight is 384 g/mol. The molecule has 1 amide bonds. The number of nitrogens with one attached hydrogen (secondary N) is 1. The van der Waals surface area contributed by atoms with E-state index in [2.05, 4.69) is 5.32 Å². The number of furan rings is 2. The van der Waals surface area contributed by atoms with Crippen LogP contribution in [0.25, 0.3) is 0 Å². The summed E-state index contributed by atoms with van der Waals surface area (Å²) in [6.07, 6.45) is 3.23. The molecule has 3 aromatic rings. The third-order valence-electron chi connectivity index (χ3n) is 4.50.